The van der Waals surface area contributed by atoms with Crippen LogP contribution in [0, 0.1) is 5.82 Å². The van der Waals surface area contributed by atoms with Crippen molar-refractivity contribution in [1.29, 1.82) is 0 Å². The van der Waals surface area contributed by atoms with E-state index in [1.807, 2.05) is 0 Å². The van der Waals surface area contributed by atoms with E-state index in [4.69, 9.17) is 16.3 Å². The number of amides is 2. The van der Waals surface area contributed by atoms with Crippen molar-refractivity contribution in [2.75, 3.05) is 10.6 Å². The zero-order valence-corrected chi connectivity index (χ0v) is 15.7. The molecule has 0 saturated carbocycles. The summed E-state index contributed by atoms with van der Waals surface area (Å²) in [4.78, 5) is 23.3. The minimum atomic E-state index is -0.888. The Bertz CT molecular complexity index is 816. The van der Waals surface area contributed by atoms with Crippen LogP contribution < -0.4 is 15.4 Å². The van der Waals surface area contributed by atoms with Gasteiger partial charge < -0.3 is 15.4 Å². The third kappa shape index (κ3) is 5.44. The third-order valence-corrected chi connectivity index (χ3v) is 3.97. The summed E-state index contributed by atoms with van der Waals surface area (Å²) in [5.74, 6) is -1.03. The number of carbonyl (C=O) groups excluding carboxylic acids is 2. The summed E-state index contributed by atoms with van der Waals surface area (Å²) in [7, 11) is 0. The van der Waals surface area contributed by atoms with E-state index < -0.39 is 17.8 Å². The summed E-state index contributed by atoms with van der Waals surface area (Å²) in [6, 6.07) is 8.77. The van der Waals surface area contributed by atoms with Gasteiger partial charge in [0, 0.05) is 17.6 Å². The van der Waals surface area contributed by atoms with Crippen LogP contribution in [-0.2, 0) is 9.59 Å². The van der Waals surface area contributed by atoms with E-state index in [0.717, 1.165) is 6.07 Å². The molecule has 2 aromatic rings. The standard InChI is InChI=1S/C17H15BrClFN2O3/c1-9(25-16-6-3-11(19)7-13(16)18)17(24)22-15-8-12(21-10(2)23)4-5-14(15)20/h3-9H,1-2H3,(H,21,23)(H,22,24)/t9-/m1/s1. The Labute approximate surface area is 157 Å². The van der Waals surface area contributed by atoms with Crippen LogP contribution in [0.2, 0.25) is 5.02 Å². The lowest BCUT2D eigenvalue weighted by molar-refractivity contribution is -0.122. The summed E-state index contributed by atoms with van der Waals surface area (Å²) in [5.41, 5.74) is 0.320. The van der Waals surface area contributed by atoms with E-state index in [1.54, 1.807) is 18.2 Å². The first-order valence-electron chi connectivity index (χ1n) is 7.26. The number of halogens is 3. The maximum atomic E-state index is 13.9. The van der Waals surface area contributed by atoms with Crippen molar-refractivity contribution in [1.82, 2.24) is 0 Å². The van der Waals surface area contributed by atoms with Crippen LogP contribution in [0.15, 0.2) is 40.9 Å². The molecule has 0 aliphatic heterocycles. The first-order chi connectivity index (χ1) is 11.8. The Balaban J connectivity index is 2.09. The molecule has 2 amide bonds. The first-order valence-corrected chi connectivity index (χ1v) is 8.43. The number of hydrogen-bond donors (Lipinski definition) is 2. The van der Waals surface area contributed by atoms with Crippen LogP contribution >= 0.6 is 27.5 Å². The second-order valence-electron chi connectivity index (χ2n) is 5.20. The zero-order chi connectivity index (χ0) is 18.6. The highest BCUT2D eigenvalue weighted by molar-refractivity contribution is 9.10. The summed E-state index contributed by atoms with van der Waals surface area (Å²) >= 11 is 9.15. The highest BCUT2D eigenvalue weighted by Gasteiger charge is 2.18. The summed E-state index contributed by atoms with van der Waals surface area (Å²) in [6.45, 7) is 2.87. The van der Waals surface area contributed by atoms with Gasteiger partial charge in [-0.1, -0.05) is 11.6 Å². The molecule has 0 aliphatic rings. The lowest BCUT2D eigenvalue weighted by atomic mass is 10.2. The van der Waals surface area contributed by atoms with Crippen molar-refractivity contribution in [3.63, 3.8) is 0 Å². The Kier molecular flexibility index (Phi) is 6.39. The van der Waals surface area contributed by atoms with Gasteiger partial charge in [0.25, 0.3) is 5.91 Å². The molecule has 0 spiro atoms. The number of rotatable bonds is 5. The molecule has 0 bridgehead atoms. The average Bonchev–Trinajstić information content (AvgIpc) is 2.52. The molecule has 0 aliphatic carbocycles. The van der Waals surface area contributed by atoms with E-state index in [0.29, 0.717) is 20.9 Å². The van der Waals surface area contributed by atoms with Crippen LogP contribution in [-0.4, -0.2) is 17.9 Å². The molecule has 0 fully saturated rings. The number of hydrogen-bond acceptors (Lipinski definition) is 3. The third-order valence-electron chi connectivity index (χ3n) is 3.11. The van der Waals surface area contributed by atoms with E-state index in [2.05, 4.69) is 26.6 Å². The Hall–Kier alpha value is -2.12. The van der Waals surface area contributed by atoms with Gasteiger partial charge in [-0.2, -0.15) is 0 Å². The highest BCUT2D eigenvalue weighted by atomic mass is 79.9. The predicted octanol–water partition coefficient (Wildman–Crippen LogP) is 4.61. The molecule has 8 heteroatoms. The quantitative estimate of drug-likeness (QED) is 0.729. The highest BCUT2D eigenvalue weighted by Crippen LogP contribution is 2.29. The summed E-state index contributed by atoms with van der Waals surface area (Å²) in [5, 5.41) is 5.49. The topological polar surface area (TPSA) is 67.4 Å². The molecule has 2 rings (SSSR count). The van der Waals surface area contributed by atoms with Crippen LogP contribution in [0.4, 0.5) is 15.8 Å². The fraction of sp³-hybridized carbons (Fsp3) is 0.176. The van der Waals surface area contributed by atoms with Gasteiger partial charge in [-0.3, -0.25) is 9.59 Å². The molecule has 0 radical (unpaired) electrons. The second kappa shape index (κ2) is 8.31. The van der Waals surface area contributed by atoms with Gasteiger partial charge >= 0.3 is 0 Å². The van der Waals surface area contributed by atoms with Crippen molar-refractivity contribution in [3.8, 4) is 5.75 Å². The number of carbonyl (C=O) groups is 2. The monoisotopic (exact) mass is 428 g/mol. The van der Waals surface area contributed by atoms with E-state index in [1.165, 1.54) is 26.0 Å². The normalized spacial score (nSPS) is 11.6. The van der Waals surface area contributed by atoms with Crippen LogP contribution in [0.25, 0.3) is 0 Å². The SMILES string of the molecule is CC(=O)Nc1ccc(F)c(NC(=O)[C@@H](C)Oc2ccc(Cl)cc2Br)c1. The number of benzene rings is 2. The van der Waals surface area contributed by atoms with Gasteiger partial charge in [0.05, 0.1) is 10.2 Å². The van der Waals surface area contributed by atoms with Crippen molar-refractivity contribution >= 4 is 50.7 Å². The van der Waals surface area contributed by atoms with Gasteiger partial charge in [-0.25, -0.2) is 4.39 Å². The van der Waals surface area contributed by atoms with Crippen molar-refractivity contribution in [2.45, 2.75) is 20.0 Å². The molecule has 0 heterocycles. The molecule has 0 saturated heterocycles. The maximum Gasteiger partial charge on any atom is 0.265 e. The van der Waals surface area contributed by atoms with Gasteiger partial charge in [0.1, 0.15) is 11.6 Å². The minimum Gasteiger partial charge on any atom is -0.480 e. The van der Waals surface area contributed by atoms with Gasteiger partial charge in [-0.05, 0) is 59.3 Å². The predicted molar refractivity (Wildman–Crippen MR) is 98.6 cm³/mol. The molecular weight excluding hydrogens is 415 g/mol. The summed E-state index contributed by atoms with van der Waals surface area (Å²) < 4.78 is 20.0. The zero-order valence-electron chi connectivity index (χ0n) is 13.4. The molecule has 1 atom stereocenters. The lowest BCUT2D eigenvalue weighted by Crippen LogP contribution is -2.30. The van der Waals surface area contributed by atoms with Gasteiger partial charge in [0.2, 0.25) is 5.91 Å². The molecule has 25 heavy (non-hydrogen) atoms. The smallest absolute Gasteiger partial charge is 0.265 e. The Morgan fingerprint density at radius 2 is 1.92 bits per heavy atom. The van der Waals surface area contributed by atoms with Crippen molar-refractivity contribution in [2.24, 2.45) is 0 Å². The number of nitrogens with one attached hydrogen (secondary N) is 2. The van der Waals surface area contributed by atoms with Gasteiger partial charge in [0.15, 0.2) is 6.10 Å². The molecule has 5 nitrogen and oxygen atoms in total. The fourth-order valence-corrected chi connectivity index (χ4v) is 2.73. The Morgan fingerprint density at radius 1 is 1.20 bits per heavy atom. The largest absolute Gasteiger partial charge is 0.480 e. The number of anilines is 2. The lowest BCUT2D eigenvalue weighted by Gasteiger charge is -2.16. The van der Waals surface area contributed by atoms with E-state index in [9.17, 15) is 14.0 Å². The van der Waals surface area contributed by atoms with Crippen molar-refractivity contribution in [3.05, 3.63) is 51.7 Å². The molecule has 0 unspecified atom stereocenters. The van der Waals surface area contributed by atoms with Crippen LogP contribution in [0.3, 0.4) is 0 Å². The molecule has 0 aromatic heterocycles. The van der Waals surface area contributed by atoms with Gasteiger partial charge in [-0.15, -0.1) is 0 Å². The van der Waals surface area contributed by atoms with E-state index in [-0.39, 0.29) is 11.6 Å². The molecule has 2 N–H and O–H groups in total. The fourth-order valence-electron chi connectivity index (χ4n) is 1.95. The van der Waals surface area contributed by atoms with Crippen molar-refractivity contribution < 1.29 is 18.7 Å². The number of ether oxygens (including phenoxy) is 1. The minimum absolute atomic E-state index is 0.0538. The molecule has 132 valence electrons. The molecular formula is C17H15BrClFN2O3. The molecule has 2 aromatic carbocycles. The summed E-state index contributed by atoms with van der Waals surface area (Å²) in [6.07, 6.45) is -0.888. The van der Waals surface area contributed by atoms with Crippen LogP contribution in [0.5, 0.6) is 5.75 Å². The van der Waals surface area contributed by atoms with E-state index >= 15 is 0 Å². The average molecular weight is 430 g/mol. The van der Waals surface area contributed by atoms with Crippen LogP contribution in [0.1, 0.15) is 13.8 Å². The Morgan fingerprint density at radius 3 is 2.56 bits per heavy atom. The maximum absolute atomic E-state index is 13.9. The first kappa shape index (κ1) is 19.2. The second-order valence-corrected chi connectivity index (χ2v) is 6.49.